The zero-order chi connectivity index (χ0) is 22.8. The lowest BCUT2D eigenvalue weighted by Gasteiger charge is -2.23. The molecular weight excluding hydrogens is 416 g/mol. The third kappa shape index (κ3) is 4.27. The fraction of sp³-hybridized carbons (Fsp3) is 0.231. The first-order valence-electron chi connectivity index (χ1n) is 11.2. The third-order valence-electron chi connectivity index (χ3n) is 6.04. The molecule has 1 saturated heterocycles. The van der Waals surface area contributed by atoms with Crippen molar-refractivity contribution in [3.8, 4) is 22.8 Å². The van der Waals surface area contributed by atoms with E-state index < -0.39 is 0 Å². The Bertz CT molecular complexity index is 1350. The molecule has 2 aromatic heterocycles. The van der Waals surface area contributed by atoms with Gasteiger partial charge in [-0.15, -0.1) is 0 Å². The van der Waals surface area contributed by atoms with Gasteiger partial charge in [0, 0.05) is 22.7 Å². The maximum atomic E-state index is 12.9. The van der Waals surface area contributed by atoms with E-state index in [0.29, 0.717) is 16.5 Å². The van der Waals surface area contributed by atoms with Crippen molar-refractivity contribution in [2.75, 3.05) is 13.1 Å². The number of ether oxygens (including phenoxy) is 1. The number of H-pyrrole nitrogens is 2. The van der Waals surface area contributed by atoms with Gasteiger partial charge in [0.1, 0.15) is 17.2 Å². The van der Waals surface area contributed by atoms with Gasteiger partial charge >= 0.3 is 0 Å². The monoisotopic (exact) mass is 442 g/mol. The topological polar surface area (TPSA) is 99.0 Å². The van der Waals surface area contributed by atoms with Crippen LogP contribution in [0, 0.1) is 6.92 Å². The number of pyridine rings is 1. The summed E-state index contributed by atoms with van der Waals surface area (Å²) >= 11 is 0. The number of carbonyl (C=O) groups is 1. The molecule has 0 unspecified atom stereocenters. The number of nitrogens with one attached hydrogen (secondary N) is 4. The quantitative estimate of drug-likeness (QED) is 0.374. The van der Waals surface area contributed by atoms with Gasteiger partial charge < -0.3 is 25.3 Å². The van der Waals surface area contributed by atoms with Crippen LogP contribution in [0.3, 0.4) is 0 Å². The van der Waals surface area contributed by atoms with Crippen molar-refractivity contribution in [2.24, 2.45) is 0 Å². The molecule has 3 heterocycles. The molecule has 0 spiro atoms. The van der Waals surface area contributed by atoms with Crippen LogP contribution in [0.25, 0.3) is 22.0 Å². The normalized spacial score (nSPS) is 14.3. The first kappa shape index (κ1) is 21.0. The number of piperidine rings is 1. The standard InChI is InChI=1S/C26H26N4O3/c1-16-23-20(15-21(30-26(23)32)25(31)29-17-11-13-27-14-12-17)24(28-16)19-9-5-6-10-22(19)33-18-7-3-2-4-8-18/h2-10,15,17,27-28H,11-14H2,1H3,(H,29,31)(H,30,32). The fourth-order valence-corrected chi connectivity index (χ4v) is 4.39. The molecule has 1 fully saturated rings. The molecule has 7 heteroatoms. The van der Waals surface area contributed by atoms with Crippen molar-refractivity contribution in [1.82, 2.24) is 20.6 Å². The minimum atomic E-state index is -0.288. The number of amides is 1. The Labute approximate surface area is 191 Å². The Balaban J connectivity index is 1.56. The van der Waals surface area contributed by atoms with Crippen LogP contribution >= 0.6 is 0 Å². The van der Waals surface area contributed by atoms with Gasteiger partial charge in [-0.05, 0) is 63.2 Å². The van der Waals surface area contributed by atoms with Gasteiger partial charge in [-0.2, -0.15) is 0 Å². The highest BCUT2D eigenvalue weighted by molar-refractivity contribution is 6.03. The molecule has 4 N–H and O–H groups in total. The molecule has 33 heavy (non-hydrogen) atoms. The van der Waals surface area contributed by atoms with Crippen LogP contribution in [0.4, 0.5) is 0 Å². The Morgan fingerprint density at radius 2 is 1.73 bits per heavy atom. The molecule has 0 aliphatic carbocycles. The lowest BCUT2D eigenvalue weighted by molar-refractivity contribution is 0.0924. The highest BCUT2D eigenvalue weighted by atomic mass is 16.5. The van der Waals surface area contributed by atoms with Crippen LogP contribution in [-0.2, 0) is 0 Å². The molecule has 0 saturated carbocycles. The number of aromatic nitrogens is 2. The van der Waals surface area contributed by atoms with E-state index in [9.17, 15) is 9.59 Å². The summed E-state index contributed by atoms with van der Waals surface area (Å²) in [6, 6.07) is 19.1. The molecule has 2 aromatic carbocycles. The summed E-state index contributed by atoms with van der Waals surface area (Å²) in [6.45, 7) is 3.61. The number of benzene rings is 2. The fourth-order valence-electron chi connectivity index (χ4n) is 4.39. The maximum absolute atomic E-state index is 12.9. The molecule has 0 atom stereocenters. The van der Waals surface area contributed by atoms with Crippen molar-refractivity contribution >= 4 is 16.7 Å². The number of rotatable bonds is 5. The number of para-hydroxylation sites is 2. The van der Waals surface area contributed by atoms with Crippen LogP contribution in [0.2, 0.25) is 0 Å². The van der Waals surface area contributed by atoms with E-state index in [1.54, 1.807) is 6.07 Å². The van der Waals surface area contributed by atoms with Crippen LogP contribution in [0.5, 0.6) is 11.5 Å². The number of aromatic amines is 2. The summed E-state index contributed by atoms with van der Waals surface area (Å²) in [7, 11) is 0. The Kier molecular flexibility index (Phi) is 5.71. The van der Waals surface area contributed by atoms with E-state index in [2.05, 4.69) is 20.6 Å². The zero-order valence-corrected chi connectivity index (χ0v) is 18.4. The predicted octanol–water partition coefficient (Wildman–Crippen LogP) is 4.11. The Hall–Kier alpha value is -3.84. The van der Waals surface area contributed by atoms with Crippen molar-refractivity contribution in [3.63, 3.8) is 0 Å². The summed E-state index contributed by atoms with van der Waals surface area (Å²) in [5, 5.41) is 7.57. The molecule has 1 amide bonds. The average molecular weight is 443 g/mol. The first-order chi connectivity index (χ1) is 16.1. The maximum Gasteiger partial charge on any atom is 0.268 e. The number of aryl methyl sites for hydroxylation is 1. The van der Waals surface area contributed by atoms with Gasteiger partial charge in [0.2, 0.25) is 0 Å². The number of hydrogen-bond acceptors (Lipinski definition) is 4. The lowest BCUT2D eigenvalue weighted by atomic mass is 10.0. The van der Waals surface area contributed by atoms with Crippen LogP contribution < -0.4 is 20.9 Å². The lowest BCUT2D eigenvalue weighted by Crippen LogP contribution is -2.43. The summed E-state index contributed by atoms with van der Waals surface area (Å²) in [5.41, 5.74) is 2.27. The number of carbonyl (C=O) groups excluding carboxylic acids is 1. The number of hydrogen-bond donors (Lipinski definition) is 4. The van der Waals surface area contributed by atoms with E-state index in [0.717, 1.165) is 48.6 Å². The van der Waals surface area contributed by atoms with E-state index in [-0.39, 0.29) is 23.2 Å². The van der Waals surface area contributed by atoms with Gasteiger partial charge in [-0.3, -0.25) is 9.59 Å². The molecule has 0 radical (unpaired) electrons. The highest BCUT2D eigenvalue weighted by Crippen LogP contribution is 2.37. The van der Waals surface area contributed by atoms with Crippen molar-refractivity contribution < 1.29 is 9.53 Å². The van der Waals surface area contributed by atoms with E-state index >= 15 is 0 Å². The van der Waals surface area contributed by atoms with Gasteiger partial charge in [0.25, 0.3) is 11.5 Å². The van der Waals surface area contributed by atoms with E-state index in [1.807, 2.05) is 61.5 Å². The van der Waals surface area contributed by atoms with E-state index in [4.69, 9.17) is 4.74 Å². The molecule has 1 aliphatic heterocycles. The SMILES string of the molecule is Cc1[nH]c(-c2ccccc2Oc2ccccc2)c2cc(C(=O)NC3CCNCC3)[nH]c(=O)c12. The second kappa shape index (κ2) is 8.96. The molecule has 4 aromatic rings. The van der Waals surface area contributed by atoms with Crippen LogP contribution in [0.15, 0.2) is 65.5 Å². The van der Waals surface area contributed by atoms with Crippen molar-refractivity contribution in [1.29, 1.82) is 0 Å². The second-order valence-corrected chi connectivity index (χ2v) is 8.33. The average Bonchev–Trinajstić information content (AvgIpc) is 3.17. The zero-order valence-electron chi connectivity index (χ0n) is 18.4. The molecular formula is C26H26N4O3. The predicted molar refractivity (Wildman–Crippen MR) is 129 cm³/mol. The molecule has 1 aliphatic rings. The van der Waals surface area contributed by atoms with Crippen molar-refractivity contribution in [3.05, 3.63) is 82.4 Å². The van der Waals surface area contributed by atoms with Crippen molar-refractivity contribution in [2.45, 2.75) is 25.8 Å². The van der Waals surface area contributed by atoms with Crippen LogP contribution in [-0.4, -0.2) is 35.0 Å². The van der Waals surface area contributed by atoms with Crippen LogP contribution in [0.1, 0.15) is 29.0 Å². The highest BCUT2D eigenvalue weighted by Gasteiger charge is 2.21. The Morgan fingerprint density at radius 3 is 2.52 bits per heavy atom. The van der Waals surface area contributed by atoms with Gasteiger partial charge in [0.15, 0.2) is 0 Å². The minimum absolute atomic E-state index is 0.102. The largest absolute Gasteiger partial charge is 0.457 e. The molecule has 5 rings (SSSR count). The smallest absolute Gasteiger partial charge is 0.268 e. The molecule has 0 bridgehead atoms. The molecule has 168 valence electrons. The first-order valence-corrected chi connectivity index (χ1v) is 11.2. The minimum Gasteiger partial charge on any atom is -0.457 e. The Morgan fingerprint density at radius 1 is 1.00 bits per heavy atom. The summed E-state index contributed by atoms with van der Waals surface area (Å²) in [6.07, 6.45) is 1.74. The summed E-state index contributed by atoms with van der Waals surface area (Å²) < 4.78 is 6.14. The number of fused-ring (bicyclic) bond motifs is 1. The van der Waals surface area contributed by atoms with Gasteiger partial charge in [-0.1, -0.05) is 30.3 Å². The third-order valence-corrected chi connectivity index (χ3v) is 6.04. The second-order valence-electron chi connectivity index (χ2n) is 8.33. The summed E-state index contributed by atoms with van der Waals surface area (Å²) in [5.74, 6) is 1.12. The summed E-state index contributed by atoms with van der Waals surface area (Å²) in [4.78, 5) is 32.0. The van der Waals surface area contributed by atoms with Gasteiger partial charge in [-0.25, -0.2) is 0 Å². The molecule has 7 nitrogen and oxygen atoms in total. The van der Waals surface area contributed by atoms with E-state index in [1.165, 1.54) is 0 Å². The van der Waals surface area contributed by atoms with Gasteiger partial charge in [0.05, 0.1) is 11.1 Å².